The van der Waals surface area contributed by atoms with Gasteiger partial charge in [0, 0.05) is 10.6 Å². The van der Waals surface area contributed by atoms with Gasteiger partial charge in [0.15, 0.2) is 0 Å². The van der Waals surface area contributed by atoms with Gasteiger partial charge in [-0.3, -0.25) is 9.88 Å². The zero-order chi connectivity index (χ0) is 10.1. The van der Waals surface area contributed by atoms with E-state index in [2.05, 4.69) is 5.32 Å². The van der Waals surface area contributed by atoms with Gasteiger partial charge in [-0.15, -0.1) is 11.8 Å². The Hall–Kier alpha value is 0.460. The van der Waals surface area contributed by atoms with Crippen molar-refractivity contribution in [1.82, 2.24) is 5.32 Å². The monoisotopic (exact) mass is 225 g/mol. The van der Waals surface area contributed by atoms with E-state index in [1.807, 2.05) is 13.8 Å². The highest BCUT2D eigenvalue weighted by Gasteiger charge is 2.47. The molecule has 6 heteroatoms. The number of thioether (sulfide) groups is 1. The molecule has 0 radical (unpaired) electrons. The van der Waals surface area contributed by atoms with E-state index in [0.29, 0.717) is 5.88 Å². The lowest BCUT2D eigenvalue weighted by atomic mass is 10.2. The predicted molar refractivity (Wildman–Crippen MR) is 54.9 cm³/mol. The van der Waals surface area contributed by atoms with E-state index in [1.54, 1.807) is 18.7 Å². The Bertz CT molecular complexity index is 234. The molecule has 2 atom stereocenters. The second-order valence-corrected chi connectivity index (χ2v) is 7.01. The van der Waals surface area contributed by atoms with Crippen molar-refractivity contribution in [2.75, 3.05) is 12.5 Å². The second kappa shape index (κ2) is 3.91. The molecule has 2 N–H and O–H groups in total. The third kappa shape index (κ3) is 2.48. The molecule has 4 nitrogen and oxygen atoms in total. The summed E-state index contributed by atoms with van der Waals surface area (Å²) < 4.78 is 16.3. The van der Waals surface area contributed by atoms with E-state index in [9.17, 15) is 9.46 Å². The summed E-state index contributed by atoms with van der Waals surface area (Å²) in [6, 6.07) is 0. The summed E-state index contributed by atoms with van der Waals surface area (Å²) in [5, 5.41) is 3.00. The summed E-state index contributed by atoms with van der Waals surface area (Å²) in [4.78, 5) is 9.61. The SMILES string of the molecule is CCOP(=O)(O)C1NCSC1(C)C. The smallest absolute Gasteiger partial charge is 0.323 e. The molecular formula is C7H16NO3PS. The van der Waals surface area contributed by atoms with Gasteiger partial charge in [0.25, 0.3) is 0 Å². The van der Waals surface area contributed by atoms with E-state index >= 15 is 0 Å². The molecule has 0 aliphatic carbocycles. The molecule has 1 fully saturated rings. The fraction of sp³-hybridized carbons (Fsp3) is 1.00. The molecule has 1 rings (SSSR count). The molecule has 0 saturated carbocycles. The molecule has 0 spiro atoms. The van der Waals surface area contributed by atoms with Crippen molar-refractivity contribution in [2.24, 2.45) is 0 Å². The standard InChI is InChI=1S/C7H16NO3PS/c1-4-11-12(9,10)6-7(2,3)13-5-8-6/h6,8H,4-5H2,1-3H3,(H,9,10). The van der Waals surface area contributed by atoms with E-state index in [0.717, 1.165) is 0 Å². The van der Waals surface area contributed by atoms with Crippen LogP contribution in [0.2, 0.25) is 0 Å². The second-order valence-electron chi connectivity index (χ2n) is 3.48. The average Bonchev–Trinajstić information content (AvgIpc) is 2.29. The lowest BCUT2D eigenvalue weighted by Gasteiger charge is -2.28. The molecule has 1 aliphatic heterocycles. The molecule has 78 valence electrons. The fourth-order valence-corrected chi connectivity index (χ4v) is 4.64. The first-order valence-electron chi connectivity index (χ1n) is 4.24. The molecule has 0 aromatic rings. The Kier molecular flexibility index (Phi) is 3.47. The Morgan fingerprint density at radius 1 is 1.77 bits per heavy atom. The van der Waals surface area contributed by atoms with Gasteiger partial charge in [-0.1, -0.05) is 0 Å². The molecule has 0 aromatic carbocycles. The van der Waals surface area contributed by atoms with Gasteiger partial charge in [-0.2, -0.15) is 0 Å². The Morgan fingerprint density at radius 2 is 2.38 bits per heavy atom. The molecule has 0 aromatic heterocycles. The van der Waals surface area contributed by atoms with Crippen molar-refractivity contribution in [3.63, 3.8) is 0 Å². The van der Waals surface area contributed by atoms with Crippen molar-refractivity contribution in [1.29, 1.82) is 0 Å². The van der Waals surface area contributed by atoms with Crippen LogP contribution in [0.25, 0.3) is 0 Å². The Morgan fingerprint density at radius 3 is 2.77 bits per heavy atom. The molecular weight excluding hydrogens is 209 g/mol. The maximum absolute atomic E-state index is 11.7. The normalized spacial score (nSPS) is 31.5. The highest BCUT2D eigenvalue weighted by Crippen LogP contribution is 2.55. The number of hydrogen-bond acceptors (Lipinski definition) is 4. The van der Waals surface area contributed by atoms with Crippen LogP contribution >= 0.6 is 19.4 Å². The van der Waals surface area contributed by atoms with Gasteiger partial charge in [-0.05, 0) is 20.8 Å². The minimum absolute atomic E-state index is 0.237. The average molecular weight is 225 g/mol. The molecule has 1 aliphatic rings. The fourth-order valence-electron chi connectivity index (χ4n) is 1.40. The van der Waals surface area contributed by atoms with Crippen molar-refractivity contribution in [3.05, 3.63) is 0 Å². The minimum Gasteiger partial charge on any atom is -0.323 e. The van der Waals surface area contributed by atoms with Crippen LogP contribution in [0.1, 0.15) is 20.8 Å². The first-order chi connectivity index (χ1) is 5.90. The van der Waals surface area contributed by atoms with Crippen LogP contribution in [0.4, 0.5) is 0 Å². The Labute approximate surface area is 83.0 Å². The Balaban J connectivity index is 2.76. The summed E-state index contributed by atoms with van der Waals surface area (Å²) in [7, 11) is -3.49. The maximum atomic E-state index is 11.7. The lowest BCUT2D eigenvalue weighted by molar-refractivity contribution is 0.255. The van der Waals surface area contributed by atoms with E-state index < -0.39 is 13.4 Å². The third-order valence-electron chi connectivity index (χ3n) is 2.02. The highest BCUT2D eigenvalue weighted by molar-refractivity contribution is 8.01. The van der Waals surface area contributed by atoms with Gasteiger partial charge in [0.05, 0.1) is 6.61 Å². The highest BCUT2D eigenvalue weighted by atomic mass is 32.2. The van der Waals surface area contributed by atoms with Crippen LogP contribution in [-0.2, 0) is 9.09 Å². The largest absolute Gasteiger partial charge is 0.346 e. The summed E-state index contributed by atoms with van der Waals surface area (Å²) in [5.41, 5.74) is 0. The van der Waals surface area contributed by atoms with Crippen LogP contribution in [0.3, 0.4) is 0 Å². The van der Waals surface area contributed by atoms with Crippen molar-refractivity contribution >= 4 is 19.4 Å². The maximum Gasteiger partial charge on any atom is 0.346 e. The van der Waals surface area contributed by atoms with E-state index in [4.69, 9.17) is 4.52 Å². The topological polar surface area (TPSA) is 58.6 Å². The number of nitrogens with one attached hydrogen (secondary N) is 1. The van der Waals surface area contributed by atoms with Gasteiger partial charge >= 0.3 is 7.60 Å². The zero-order valence-electron chi connectivity index (χ0n) is 8.11. The first kappa shape index (κ1) is 11.5. The molecule has 0 amide bonds. The zero-order valence-corrected chi connectivity index (χ0v) is 9.82. The van der Waals surface area contributed by atoms with Crippen LogP contribution in [0.15, 0.2) is 0 Å². The third-order valence-corrected chi connectivity index (χ3v) is 5.59. The van der Waals surface area contributed by atoms with Gasteiger partial charge in [-0.25, -0.2) is 0 Å². The van der Waals surface area contributed by atoms with E-state index in [-0.39, 0.29) is 11.4 Å². The van der Waals surface area contributed by atoms with Crippen LogP contribution < -0.4 is 5.32 Å². The van der Waals surface area contributed by atoms with Crippen molar-refractivity contribution in [3.8, 4) is 0 Å². The van der Waals surface area contributed by atoms with Crippen molar-refractivity contribution in [2.45, 2.75) is 31.3 Å². The van der Waals surface area contributed by atoms with Gasteiger partial charge in [0.1, 0.15) is 5.78 Å². The summed E-state index contributed by atoms with van der Waals surface area (Å²) in [6.07, 6.45) is 0. The first-order valence-corrected chi connectivity index (χ1v) is 6.88. The molecule has 0 bridgehead atoms. The van der Waals surface area contributed by atoms with Gasteiger partial charge < -0.3 is 9.42 Å². The van der Waals surface area contributed by atoms with E-state index in [1.165, 1.54) is 0 Å². The molecule has 2 unspecified atom stereocenters. The predicted octanol–water partition coefficient (Wildman–Crippen LogP) is 1.61. The summed E-state index contributed by atoms with van der Waals surface area (Å²) in [6.45, 7) is 5.89. The number of hydrogen-bond donors (Lipinski definition) is 2. The lowest BCUT2D eigenvalue weighted by Crippen LogP contribution is -2.36. The molecule has 13 heavy (non-hydrogen) atoms. The summed E-state index contributed by atoms with van der Waals surface area (Å²) >= 11 is 1.64. The van der Waals surface area contributed by atoms with Crippen LogP contribution in [0.5, 0.6) is 0 Å². The number of rotatable bonds is 3. The van der Waals surface area contributed by atoms with Crippen LogP contribution in [0, 0.1) is 0 Å². The summed E-state index contributed by atoms with van der Waals surface area (Å²) in [5.74, 6) is 0.250. The molecule has 1 saturated heterocycles. The van der Waals surface area contributed by atoms with Crippen LogP contribution in [-0.4, -0.2) is 27.9 Å². The minimum atomic E-state index is -3.49. The van der Waals surface area contributed by atoms with Gasteiger partial charge in [0.2, 0.25) is 0 Å². The van der Waals surface area contributed by atoms with Crippen molar-refractivity contribution < 1.29 is 14.0 Å². The molecule has 1 heterocycles. The quantitative estimate of drug-likeness (QED) is 0.714.